The monoisotopic (exact) mass is 367 g/mol. The van der Waals surface area contributed by atoms with Gasteiger partial charge in [0.15, 0.2) is 0 Å². The Morgan fingerprint density at radius 3 is 2.08 bits per heavy atom. The van der Waals surface area contributed by atoms with Crippen LogP contribution in [0.5, 0.6) is 5.75 Å². The van der Waals surface area contributed by atoms with Crippen LogP contribution in [0, 0.1) is 0 Å². The Morgan fingerprint density at radius 2 is 1.46 bits per heavy atom. The van der Waals surface area contributed by atoms with Gasteiger partial charge in [-0.15, -0.1) is 0 Å². The van der Waals surface area contributed by atoms with Gasteiger partial charge in [0.25, 0.3) is 10.0 Å². The maximum absolute atomic E-state index is 13.2. The topological polar surface area (TPSA) is 46.6 Å². The third-order valence-corrected chi connectivity index (χ3v) is 6.10. The standard InChI is InChI=1S/C21H21NO3S/c1-3-22(26(23,24)19-15-13-18(25-2)14-16-19)21-12-8-7-11-20(21)17-9-5-4-6-10-17/h4-16H,3H2,1-2H3. The first kappa shape index (κ1) is 18.0. The summed E-state index contributed by atoms with van der Waals surface area (Å²) in [6, 6.07) is 23.8. The van der Waals surface area contributed by atoms with Crippen molar-refractivity contribution >= 4 is 15.7 Å². The minimum atomic E-state index is -3.68. The lowest BCUT2D eigenvalue weighted by Gasteiger charge is -2.25. The second-order valence-corrected chi connectivity index (χ2v) is 7.59. The smallest absolute Gasteiger partial charge is 0.264 e. The Bertz CT molecular complexity index is 968. The number of para-hydroxylation sites is 1. The zero-order chi connectivity index (χ0) is 18.6. The van der Waals surface area contributed by atoms with Gasteiger partial charge in [-0.25, -0.2) is 8.42 Å². The van der Waals surface area contributed by atoms with Gasteiger partial charge in [-0.05, 0) is 42.8 Å². The Morgan fingerprint density at radius 1 is 0.846 bits per heavy atom. The van der Waals surface area contributed by atoms with E-state index in [4.69, 9.17) is 4.74 Å². The molecule has 3 rings (SSSR count). The molecule has 0 amide bonds. The van der Waals surface area contributed by atoms with Crippen LogP contribution in [0.1, 0.15) is 6.92 Å². The summed E-state index contributed by atoms with van der Waals surface area (Å²) in [7, 11) is -2.13. The van der Waals surface area contributed by atoms with Crippen molar-refractivity contribution in [3.8, 4) is 16.9 Å². The Kier molecular flexibility index (Phi) is 5.28. The molecule has 0 saturated carbocycles. The minimum Gasteiger partial charge on any atom is -0.497 e. The van der Waals surface area contributed by atoms with E-state index in [-0.39, 0.29) is 4.90 Å². The van der Waals surface area contributed by atoms with Gasteiger partial charge >= 0.3 is 0 Å². The summed E-state index contributed by atoms with van der Waals surface area (Å²) in [6.45, 7) is 2.17. The zero-order valence-electron chi connectivity index (χ0n) is 14.8. The van der Waals surface area contributed by atoms with Crippen LogP contribution in [0.2, 0.25) is 0 Å². The van der Waals surface area contributed by atoms with E-state index in [0.717, 1.165) is 11.1 Å². The maximum Gasteiger partial charge on any atom is 0.264 e. The largest absolute Gasteiger partial charge is 0.497 e. The predicted octanol–water partition coefficient (Wildman–Crippen LogP) is 4.58. The number of benzene rings is 3. The molecule has 0 atom stereocenters. The SMILES string of the molecule is CCN(c1ccccc1-c1ccccc1)S(=O)(=O)c1ccc(OC)cc1. The van der Waals surface area contributed by atoms with Crippen molar-refractivity contribution in [3.05, 3.63) is 78.9 Å². The molecule has 0 aromatic heterocycles. The van der Waals surface area contributed by atoms with Crippen LogP contribution in [-0.4, -0.2) is 22.1 Å². The Labute approximate surface area is 154 Å². The quantitative estimate of drug-likeness (QED) is 0.641. The Hall–Kier alpha value is -2.79. The van der Waals surface area contributed by atoms with E-state index >= 15 is 0 Å². The molecule has 26 heavy (non-hydrogen) atoms. The number of ether oxygens (including phenoxy) is 1. The van der Waals surface area contributed by atoms with Crippen LogP contribution in [0.25, 0.3) is 11.1 Å². The van der Waals surface area contributed by atoms with Gasteiger partial charge in [0.05, 0.1) is 17.7 Å². The highest BCUT2D eigenvalue weighted by Gasteiger charge is 2.25. The van der Waals surface area contributed by atoms with Gasteiger partial charge in [-0.2, -0.15) is 0 Å². The summed E-state index contributed by atoms with van der Waals surface area (Å²) >= 11 is 0. The van der Waals surface area contributed by atoms with Crippen molar-refractivity contribution in [2.45, 2.75) is 11.8 Å². The van der Waals surface area contributed by atoms with Gasteiger partial charge in [0.1, 0.15) is 5.75 Å². The zero-order valence-corrected chi connectivity index (χ0v) is 15.6. The summed E-state index contributed by atoms with van der Waals surface area (Å²) in [4.78, 5) is 0.239. The summed E-state index contributed by atoms with van der Waals surface area (Å²) < 4.78 is 33.0. The van der Waals surface area contributed by atoms with E-state index in [0.29, 0.717) is 18.0 Å². The molecule has 0 bridgehead atoms. The number of hydrogen-bond donors (Lipinski definition) is 0. The van der Waals surface area contributed by atoms with Crippen molar-refractivity contribution in [1.29, 1.82) is 0 Å². The molecule has 0 saturated heterocycles. The number of anilines is 1. The second kappa shape index (κ2) is 7.62. The van der Waals surface area contributed by atoms with Gasteiger partial charge in [-0.3, -0.25) is 4.31 Å². The average molecular weight is 367 g/mol. The molecule has 0 spiro atoms. The molecule has 3 aromatic rings. The molecule has 0 N–H and O–H groups in total. The predicted molar refractivity (Wildman–Crippen MR) is 105 cm³/mol. The molecule has 134 valence electrons. The summed E-state index contributed by atoms with van der Waals surface area (Å²) in [5, 5.41) is 0. The fourth-order valence-corrected chi connectivity index (χ4v) is 4.39. The highest BCUT2D eigenvalue weighted by molar-refractivity contribution is 7.92. The third-order valence-electron chi connectivity index (χ3n) is 4.19. The van der Waals surface area contributed by atoms with Crippen molar-refractivity contribution in [3.63, 3.8) is 0 Å². The van der Waals surface area contributed by atoms with Gasteiger partial charge in [0, 0.05) is 12.1 Å². The molecule has 0 radical (unpaired) electrons. The van der Waals surface area contributed by atoms with Gasteiger partial charge in [-0.1, -0.05) is 48.5 Å². The minimum absolute atomic E-state index is 0.239. The number of hydrogen-bond acceptors (Lipinski definition) is 3. The van der Waals surface area contributed by atoms with E-state index in [1.54, 1.807) is 31.4 Å². The number of methoxy groups -OCH3 is 1. The molecule has 4 nitrogen and oxygen atoms in total. The first-order chi connectivity index (χ1) is 12.6. The molecule has 0 aliphatic heterocycles. The van der Waals surface area contributed by atoms with Crippen LogP contribution >= 0.6 is 0 Å². The van der Waals surface area contributed by atoms with Gasteiger partial charge in [0.2, 0.25) is 0 Å². The average Bonchev–Trinajstić information content (AvgIpc) is 2.69. The fourth-order valence-electron chi connectivity index (χ4n) is 2.90. The van der Waals surface area contributed by atoms with E-state index in [1.807, 2.05) is 61.5 Å². The second-order valence-electron chi connectivity index (χ2n) is 5.73. The van der Waals surface area contributed by atoms with E-state index in [9.17, 15) is 8.42 Å². The lowest BCUT2D eigenvalue weighted by Crippen LogP contribution is -2.31. The van der Waals surface area contributed by atoms with Crippen LogP contribution in [0.4, 0.5) is 5.69 Å². The highest BCUT2D eigenvalue weighted by atomic mass is 32.2. The lowest BCUT2D eigenvalue weighted by atomic mass is 10.0. The summed E-state index contributed by atoms with van der Waals surface area (Å²) in [5.74, 6) is 0.622. The van der Waals surface area contributed by atoms with Crippen LogP contribution < -0.4 is 9.04 Å². The molecule has 3 aromatic carbocycles. The summed E-state index contributed by atoms with van der Waals surface area (Å²) in [5.41, 5.74) is 2.52. The maximum atomic E-state index is 13.2. The van der Waals surface area contributed by atoms with E-state index in [2.05, 4.69) is 0 Å². The molecule has 5 heteroatoms. The molecular weight excluding hydrogens is 346 g/mol. The number of rotatable bonds is 6. The first-order valence-corrected chi connectivity index (χ1v) is 9.83. The third kappa shape index (κ3) is 3.44. The van der Waals surface area contributed by atoms with Crippen LogP contribution in [0.15, 0.2) is 83.8 Å². The van der Waals surface area contributed by atoms with Crippen molar-refractivity contribution < 1.29 is 13.2 Å². The van der Waals surface area contributed by atoms with Crippen LogP contribution in [-0.2, 0) is 10.0 Å². The number of sulfonamides is 1. The molecule has 0 unspecified atom stereocenters. The Balaban J connectivity index is 2.09. The summed E-state index contributed by atoms with van der Waals surface area (Å²) in [6.07, 6.45) is 0. The molecular formula is C21H21NO3S. The van der Waals surface area contributed by atoms with Crippen LogP contribution in [0.3, 0.4) is 0 Å². The molecule has 0 aliphatic rings. The van der Waals surface area contributed by atoms with Crippen molar-refractivity contribution in [2.24, 2.45) is 0 Å². The number of nitrogens with zero attached hydrogens (tertiary/aromatic N) is 1. The highest BCUT2D eigenvalue weighted by Crippen LogP contribution is 2.34. The van der Waals surface area contributed by atoms with Gasteiger partial charge < -0.3 is 4.74 Å². The first-order valence-electron chi connectivity index (χ1n) is 8.39. The molecule has 0 fully saturated rings. The van der Waals surface area contributed by atoms with Crippen molar-refractivity contribution in [2.75, 3.05) is 18.0 Å². The fraction of sp³-hybridized carbons (Fsp3) is 0.143. The molecule has 0 heterocycles. The van der Waals surface area contributed by atoms with E-state index < -0.39 is 10.0 Å². The van der Waals surface area contributed by atoms with E-state index in [1.165, 1.54) is 4.31 Å². The lowest BCUT2D eigenvalue weighted by molar-refractivity contribution is 0.414. The van der Waals surface area contributed by atoms with Crippen molar-refractivity contribution in [1.82, 2.24) is 0 Å². The normalized spacial score (nSPS) is 11.2. The molecule has 0 aliphatic carbocycles.